The molecule has 0 spiro atoms. The smallest absolute Gasteiger partial charge is 0.112 e. The summed E-state index contributed by atoms with van der Waals surface area (Å²) in [7, 11) is 0. The first-order chi connectivity index (χ1) is 8.88. The average Bonchev–Trinajstić information content (AvgIpc) is 3.00. The molecule has 2 N–H and O–H groups in total. The maximum atomic E-state index is 5.68. The lowest BCUT2D eigenvalue weighted by atomic mass is 10.1. The second kappa shape index (κ2) is 4.92. The van der Waals surface area contributed by atoms with Gasteiger partial charge in [0.15, 0.2) is 0 Å². The molecule has 0 aliphatic carbocycles. The second-order valence-corrected chi connectivity index (χ2v) is 5.24. The van der Waals surface area contributed by atoms with Crippen LogP contribution in [0.5, 0.6) is 0 Å². The van der Waals surface area contributed by atoms with Crippen LogP contribution in [-0.2, 0) is 13.0 Å². The van der Waals surface area contributed by atoms with Crippen LogP contribution in [0.25, 0.3) is 10.9 Å². The lowest BCUT2D eigenvalue weighted by molar-refractivity contribution is 0.819. The van der Waals surface area contributed by atoms with E-state index < -0.39 is 0 Å². The fraction of sp³-hybridized carbons (Fsp3) is 0.214. The molecular weight excluding hydrogens is 242 g/mol. The molecule has 0 bridgehead atoms. The van der Waals surface area contributed by atoms with Crippen molar-refractivity contribution >= 4 is 22.2 Å². The number of fused-ring (bicyclic) bond motifs is 1. The van der Waals surface area contributed by atoms with E-state index in [1.807, 2.05) is 11.6 Å². The van der Waals surface area contributed by atoms with Crippen LogP contribution in [0, 0.1) is 0 Å². The van der Waals surface area contributed by atoms with Gasteiger partial charge in [0.2, 0.25) is 0 Å². The van der Waals surface area contributed by atoms with E-state index in [0.29, 0.717) is 6.54 Å². The number of para-hydroxylation sites is 1. The normalized spacial score (nSPS) is 11.2. The summed E-state index contributed by atoms with van der Waals surface area (Å²) in [6.45, 7) is 1.52. The summed E-state index contributed by atoms with van der Waals surface area (Å²) in [4.78, 5) is 4.35. The number of benzene rings is 1. The highest BCUT2D eigenvalue weighted by Gasteiger charge is 2.08. The monoisotopic (exact) mass is 257 g/mol. The standard InChI is InChI=1S/C14H15N3S/c15-6-5-11-9-17(10-14-16-7-8-18-14)13-4-2-1-3-12(11)13/h1-4,7-9H,5-6,10,15H2. The van der Waals surface area contributed by atoms with Crippen molar-refractivity contribution in [3.63, 3.8) is 0 Å². The second-order valence-electron chi connectivity index (χ2n) is 4.26. The van der Waals surface area contributed by atoms with Crippen molar-refractivity contribution in [2.75, 3.05) is 6.54 Å². The lowest BCUT2D eigenvalue weighted by Crippen LogP contribution is -2.02. The zero-order valence-corrected chi connectivity index (χ0v) is 10.9. The minimum absolute atomic E-state index is 0.686. The van der Waals surface area contributed by atoms with Crippen molar-refractivity contribution in [3.8, 4) is 0 Å². The average molecular weight is 257 g/mol. The Morgan fingerprint density at radius 1 is 1.28 bits per heavy atom. The number of hydrogen-bond acceptors (Lipinski definition) is 3. The van der Waals surface area contributed by atoms with Crippen molar-refractivity contribution in [1.82, 2.24) is 9.55 Å². The number of thiazole rings is 1. The molecule has 92 valence electrons. The minimum atomic E-state index is 0.686. The topological polar surface area (TPSA) is 43.8 Å². The van der Waals surface area contributed by atoms with Crippen molar-refractivity contribution in [3.05, 3.63) is 52.6 Å². The van der Waals surface area contributed by atoms with Gasteiger partial charge in [-0.05, 0) is 24.6 Å². The van der Waals surface area contributed by atoms with Gasteiger partial charge in [-0.3, -0.25) is 0 Å². The van der Waals surface area contributed by atoms with Crippen LogP contribution in [-0.4, -0.2) is 16.1 Å². The van der Waals surface area contributed by atoms with Gasteiger partial charge >= 0.3 is 0 Å². The summed E-state index contributed by atoms with van der Waals surface area (Å²) in [5, 5.41) is 4.46. The Bertz CT molecular complexity index is 640. The molecule has 0 unspecified atom stereocenters. The van der Waals surface area contributed by atoms with E-state index in [2.05, 4.69) is 40.0 Å². The zero-order chi connectivity index (χ0) is 12.4. The molecule has 0 saturated heterocycles. The predicted molar refractivity (Wildman–Crippen MR) is 75.9 cm³/mol. The van der Waals surface area contributed by atoms with Crippen molar-refractivity contribution < 1.29 is 0 Å². The fourth-order valence-electron chi connectivity index (χ4n) is 2.29. The highest BCUT2D eigenvalue weighted by molar-refractivity contribution is 7.09. The van der Waals surface area contributed by atoms with E-state index in [-0.39, 0.29) is 0 Å². The number of nitrogens with two attached hydrogens (primary N) is 1. The van der Waals surface area contributed by atoms with E-state index in [9.17, 15) is 0 Å². The van der Waals surface area contributed by atoms with Crippen LogP contribution in [0.15, 0.2) is 42.0 Å². The van der Waals surface area contributed by atoms with Crippen LogP contribution >= 0.6 is 11.3 Å². The molecule has 0 fully saturated rings. The maximum absolute atomic E-state index is 5.68. The SMILES string of the molecule is NCCc1cn(Cc2nccs2)c2ccccc12. The van der Waals surface area contributed by atoms with Crippen molar-refractivity contribution in [2.24, 2.45) is 5.73 Å². The molecular formula is C14H15N3S. The summed E-state index contributed by atoms with van der Waals surface area (Å²) in [6, 6.07) is 8.48. The summed E-state index contributed by atoms with van der Waals surface area (Å²) in [5.74, 6) is 0. The number of nitrogens with zero attached hydrogens (tertiary/aromatic N) is 2. The first-order valence-electron chi connectivity index (χ1n) is 6.03. The summed E-state index contributed by atoms with van der Waals surface area (Å²) < 4.78 is 2.26. The lowest BCUT2D eigenvalue weighted by Gasteiger charge is -2.01. The molecule has 0 saturated carbocycles. The van der Waals surface area contributed by atoms with Crippen molar-refractivity contribution in [1.29, 1.82) is 0 Å². The molecule has 2 heterocycles. The molecule has 0 amide bonds. The molecule has 3 aromatic rings. The van der Waals surface area contributed by atoms with Gasteiger partial charge in [0, 0.05) is 28.7 Å². The quantitative estimate of drug-likeness (QED) is 0.781. The van der Waals surface area contributed by atoms with Crippen LogP contribution in [0.2, 0.25) is 0 Å². The Morgan fingerprint density at radius 3 is 2.94 bits per heavy atom. The first kappa shape index (κ1) is 11.4. The zero-order valence-electron chi connectivity index (χ0n) is 10.0. The third-order valence-corrected chi connectivity index (χ3v) is 3.84. The maximum Gasteiger partial charge on any atom is 0.112 e. The fourth-order valence-corrected chi connectivity index (χ4v) is 2.90. The summed E-state index contributed by atoms with van der Waals surface area (Å²) >= 11 is 1.69. The third kappa shape index (κ3) is 2.05. The number of aromatic nitrogens is 2. The highest BCUT2D eigenvalue weighted by atomic mass is 32.1. The summed E-state index contributed by atoms with van der Waals surface area (Å²) in [5.41, 5.74) is 8.26. The van der Waals surface area contributed by atoms with Gasteiger partial charge in [0.25, 0.3) is 0 Å². The van der Waals surface area contributed by atoms with Gasteiger partial charge in [-0.1, -0.05) is 18.2 Å². The minimum Gasteiger partial charge on any atom is -0.340 e. The Hall–Kier alpha value is -1.65. The van der Waals surface area contributed by atoms with Gasteiger partial charge < -0.3 is 10.3 Å². The van der Waals surface area contributed by atoms with E-state index in [4.69, 9.17) is 5.73 Å². The molecule has 0 atom stereocenters. The van der Waals surface area contributed by atoms with E-state index in [1.165, 1.54) is 16.5 Å². The van der Waals surface area contributed by atoms with Crippen LogP contribution < -0.4 is 5.73 Å². The van der Waals surface area contributed by atoms with E-state index >= 15 is 0 Å². The Labute approximate surface area is 110 Å². The van der Waals surface area contributed by atoms with E-state index in [0.717, 1.165) is 18.0 Å². The molecule has 4 heteroatoms. The molecule has 0 aliphatic rings. The van der Waals surface area contributed by atoms with E-state index in [1.54, 1.807) is 11.3 Å². The van der Waals surface area contributed by atoms with Gasteiger partial charge in [-0.25, -0.2) is 4.98 Å². The molecule has 0 radical (unpaired) electrons. The van der Waals surface area contributed by atoms with Gasteiger partial charge in [0.05, 0.1) is 6.54 Å². The highest BCUT2D eigenvalue weighted by Crippen LogP contribution is 2.23. The molecule has 3 rings (SSSR count). The molecule has 1 aromatic carbocycles. The number of hydrogen-bond donors (Lipinski definition) is 1. The summed E-state index contributed by atoms with van der Waals surface area (Å²) in [6.07, 6.45) is 4.98. The third-order valence-electron chi connectivity index (χ3n) is 3.07. The van der Waals surface area contributed by atoms with Gasteiger partial charge in [-0.15, -0.1) is 11.3 Å². The Morgan fingerprint density at radius 2 is 2.17 bits per heavy atom. The number of rotatable bonds is 4. The molecule has 18 heavy (non-hydrogen) atoms. The molecule has 2 aromatic heterocycles. The Kier molecular flexibility index (Phi) is 3.13. The largest absolute Gasteiger partial charge is 0.340 e. The Balaban J connectivity index is 2.05. The van der Waals surface area contributed by atoms with Gasteiger partial charge in [-0.2, -0.15) is 0 Å². The predicted octanol–water partition coefficient (Wildman–Crippen LogP) is 2.65. The van der Waals surface area contributed by atoms with Crippen LogP contribution in [0.4, 0.5) is 0 Å². The van der Waals surface area contributed by atoms with Crippen LogP contribution in [0.3, 0.4) is 0 Å². The molecule has 3 nitrogen and oxygen atoms in total. The van der Waals surface area contributed by atoms with Crippen molar-refractivity contribution in [2.45, 2.75) is 13.0 Å². The molecule has 0 aliphatic heterocycles. The van der Waals surface area contributed by atoms with Crippen LogP contribution in [0.1, 0.15) is 10.6 Å². The van der Waals surface area contributed by atoms with Gasteiger partial charge in [0.1, 0.15) is 5.01 Å². The first-order valence-corrected chi connectivity index (χ1v) is 6.91.